The Bertz CT molecular complexity index is 942. The summed E-state index contributed by atoms with van der Waals surface area (Å²) in [5.74, 6) is 0.828. The molecule has 0 aliphatic carbocycles. The number of alkyl halides is 1. The van der Waals surface area contributed by atoms with Gasteiger partial charge >= 0.3 is 0 Å². The van der Waals surface area contributed by atoms with Gasteiger partial charge in [0.05, 0.1) is 11.9 Å². The first-order chi connectivity index (χ1) is 14.7. The van der Waals surface area contributed by atoms with E-state index >= 15 is 0 Å². The van der Waals surface area contributed by atoms with Crippen molar-refractivity contribution < 1.29 is 9.13 Å². The van der Waals surface area contributed by atoms with Crippen molar-refractivity contribution in [2.45, 2.75) is 32.4 Å². The minimum Gasteiger partial charge on any atom is -0.490 e. The normalized spacial score (nSPS) is 12.1. The van der Waals surface area contributed by atoms with Gasteiger partial charge in [-0.25, -0.2) is 4.39 Å². The summed E-state index contributed by atoms with van der Waals surface area (Å²) >= 11 is 0. The predicted molar refractivity (Wildman–Crippen MR) is 124 cm³/mol. The molecule has 0 N–H and O–H groups in total. The number of pyridine rings is 1. The van der Waals surface area contributed by atoms with Gasteiger partial charge in [-0.05, 0) is 55.5 Å². The molecule has 1 atom stereocenters. The molecule has 0 radical (unpaired) electrons. The van der Waals surface area contributed by atoms with Gasteiger partial charge in [0, 0.05) is 17.3 Å². The molecule has 1 heterocycles. The van der Waals surface area contributed by atoms with Crippen molar-refractivity contribution in [2.75, 3.05) is 6.61 Å². The van der Waals surface area contributed by atoms with Crippen LogP contribution in [0.4, 0.5) is 4.39 Å². The Labute approximate surface area is 178 Å². The molecule has 1 unspecified atom stereocenters. The predicted octanol–water partition coefficient (Wildman–Crippen LogP) is 7.52. The average molecular weight is 402 g/mol. The van der Waals surface area contributed by atoms with Crippen LogP contribution in [-0.2, 0) is 0 Å². The molecule has 2 aromatic carbocycles. The minimum atomic E-state index is -0.715. The maximum absolute atomic E-state index is 12.8. The summed E-state index contributed by atoms with van der Waals surface area (Å²) in [6.07, 6.45) is 9.52. The molecular formula is C27H28FNO. The lowest BCUT2D eigenvalue weighted by Crippen LogP contribution is -1.92. The molecule has 0 aliphatic rings. The molecule has 0 saturated heterocycles. The third-order valence-electron chi connectivity index (χ3n) is 4.81. The van der Waals surface area contributed by atoms with Crippen molar-refractivity contribution in [3.63, 3.8) is 0 Å². The van der Waals surface area contributed by atoms with Gasteiger partial charge in [0.2, 0.25) is 0 Å². The van der Waals surface area contributed by atoms with Crippen molar-refractivity contribution in [3.05, 3.63) is 91.2 Å². The summed E-state index contributed by atoms with van der Waals surface area (Å²) in [6, 6.07) is 20.4. The molecule has 3 rings (SSSR count). The second-order valence-corrected chi connectivity index (χ2v) is 7.29. The van der Waals surface area contributed by atoms with Crippen molar-refractivity contribution in [2.24, 2.45) is 0 Å². The van der Waals surface area contributed by atoms with Crippen molar-refractivity contribution in [1.29, 1.82) is 0 Å². The monoisotopic (exact) mass is 401 g/mol. The zero-order valence-corrected chi connectivity index (χ0v) is 17.4. The van der Waals surface area contributed by atoms with E-state index in [1.807, 2.05) is 36.5 Å². The third kappa shape index (κ3) is 6.41. The van der Waals surface area contributed by atoms with E-state index in [-0.39, 0.29) is 0 Å². The molecule has 3 aromatic rings. The maximum atomic E-state index is 12.8. The van der Waals surface area contributed by atoms with E-state index in [4.69, 9.17) is 4.74 Å². The molecule has 0 spiro atoms. The highest BCUT2D eigenvalue weighted by Crippen LogP contribution is 2.25. The highest BCUT2D eigenvalue weighted by Gasteiger charge is 2.03. The van der Waals surface area contributed by atoms with Crippen molar-refractivity contribution in [3.8, 4) is 28.1 Å². The van der Waals surface area contributed by atoms with E-state index in [1.165, 1.54) is 0 Å². The number of allylic oxidation sites excluding steroid dienone is 1. The quantitative estimate of drug-likeness (QED) is 0.259. The number of nitrogens with zero attached hydrogens (tertiary/aromatic N) is 1. The van der Waals surface area contributed by atoms with Crippen molar-refractivity contribution in [1.82, 2.24) is 4.98 Å². The summed E-state index contributed by atoms with van der Waals surface area (Å²) in [7, 11) is 0. The highest BCUT2D eigenvalue weighted by molar-refractivity contribution is 5.68. The highest BCUT2D eigenvalue weighted by atomic mass is 19.1. The number of halogens is 1. The lowest BCUT2D eigenvalue weighted by molar-refractivity contribution is 0.335. The molecule has 0 aliphatic heterocycles. The zero-order valence-electron chi connectivity index (χ0n) is 17.4. The molecule has 2 nitrogen and oxygen atoms in total. The Morgan fingerprint density at radius 2 is 1.67 bits per heavy atom. The van der Waals surface area contributed by atoms with Gasteiger partial charge in [0.1, 0.15) is 12.4 Å². The molecule has 0 saturated carbocycles. The zero-order chi connectivity index (χ0) is 21.2. The Balaban J connectivity index is 1.60. The van der Waals surface area contributed by atoms with E-state index in [2.05, 4.69) is 54.0 Å². The van der Waals surface area contributed by atoms with Gasteiger partial charge in [-0.15, -0.1) is 0 Å². The number of benzene rings is 2. The van der Waals surface area contributed by atoms with E-state index in [0.717, 1.165) is 46.5 Å². The summed E-state index contributed by atoms with van der Waals surface area (Å²) in [4.78, 5) is 4.63. The van der Waals surface area contributed by atoms with Crippen LogP contribution in [-0.4, -0.2) is 17.8 Å². The Morgan fingerprint density at radius 3 is 2.30 bits per heavy atom. The molecule has 30 heavy (non-hydrogen) atoms. The number of rotatable bonds is 10. The van der Waals surface area contributed by atoms with Crippen LogP contribution in [0.5, 0.6) is 5.75 Å². The van der Waals surface area contributed by atoms with Crippen LogP contribution in [0.3, 0.4) is 0 Å². The summed E-state index contributed by atoms with van der Waals surface area (Å²) in [6.45, 7) is 5.77. The van der Waals surface area contributed by atoms with Crippen LogP contribution >= 0.6 is 0 Å². The number of hydrogen-bond acceptors (Lipinski definition) is 2. The van der Waals surface area contributed by atoms with Gasteiger partial charge in [-0.3, -0.25) is 4.98 Å². The number of unbranched alkanes of at least 4 members (excludes halogenated alkanes) is 1. The topological polar surface area (TPSA) is 22.1 Å². The van der Waals surface area contributed by atoms with Crippen LogP contribution in [0, 0.1) is 0 Å². The van der Waals surface area contributed by atoms with Crippen LogP contribution in [0.1, 0.15) is 31.7 Å². The number of ether oxygens (including phenoxy) is 1. The maximum Gasteiger partial charge on any atom is 0.119 e. The van der Waals surface area contributed by atoms with E-state index in [0.29, 0.717) is 13.0 Å². The fraction of sp³-hybridized carbons (Fsp3) is 0.222. The number of hydrogen-bond donors (Lipinski definition) is 0. The standard InChI is InChI=1S/C27H28FNO/c1-3-19-30-26-16-13-23(14-17-26)25-15-18-27(29-20-25)24-11-9-22(10-12-24)8-6-4-5-7-21(2)28/h3,6,8-18,20-21H,1,4-5,7,19H2,2H3/b8-6+. The molecule has 154 valence electrons. The molecular weight excluding hydrogens is 373 g/mol. The second kappa shape index (κ2) is 11.1. The molecule has 0 fully saturated rings. The molecule has 0 amide bonds. The number of aromatic nitrogens is 1. The van der Waals surface area contributed by atoms with Gasteiger partial charge in [0.15, 0.2) is 0 Å². The second-order valence-electron chi connectivity index (χ2n) is 7.29. The average Bonchev–Trinajstić information content (AvgIpc) is 2.78. The molecule has 0 bridgehead atoms. The van der Waals surface area contributed by atoms with Gasteiger partial charge < -0.3 is 4.74 Å². The SMILES string of the molecule is C=CCOc1ccc(-c2ccc(-c3ccc(/C=C/CCCC(C)F)cc3)nc2)cc1. The van der Waals surface area contributed by atoms with E-state index in [9.17, 15) is 4.39 Å². The van der Waals surface area contributed by atoms with E-state index < -0.39 is 6.17 Å². The van der Waals surface area contributed by atoms with Crippen LogP contribution in [0.15, 0.2) is 85.6 Å². The minimum absolute atomic E-state index is 0.503. The summed E-state index contributed by atoms with van der Waals surface area (Å²) < 4.78 is 18.3. The Hall–Kier alpha value is -3.20. The summed E-state index contributed by atoms with van der Waals surface area (Å²) in [5.41, 5.74) is 5.33. The first-order valence-electron chi connectivity index (χ1n) is 10.4. The lowest BCUT2D eigenvalue weighted by atomic mass is 10.0. The Morgan fingerprint density at radius 1 is 0.967 bits per heavy atom. The fourth-order valence-corrected chi connectivity index (χ4v) is 3.14. The first kappa shape index (κ1) is 21.5. The largest absolute Gasteiger partial charge is 0.490 e. The smallest absolute Gasteiger partial charge is 0.119 e. The van der Waals surface area contributed by atoms with Crippen LogP contribution in [0.25, 0.3) is 28.5 Å². The Kier molecular flexibility index (Phi) is 7.96. The van der Waals surface area contributed by atoms with Crippen LogP contribution in [0.2, 0.25) is 0 Å². The summed E-state index contributed by atoms with van der Waals surface area (Å²) in [5, 5.41) is 0. The molecule has 3 heteroatoms. The lowest BCUT2D eigenvalue weighted by Gasteiger charge is -2.07. The van der Waals surface area contributed by atoms with E-state index in [1.54, 1.807) is 13.0 Å². The first-order valence-corrected chi connectivity index (χ1v) is 10.4. The third-order valence-corrected chi connectivity index (χ3v) is 4.81. The van der Waals surface area contributed by atoms with Crippen LogP contribution < -0.4 is 4.74 Å². The van der Waals surface area contributed by atoms with Gasteiger partial charge in [0.25, 0.3) is 0 Å². The molecule has 1 aromatic heterocycles. The van der Waals surface area contributed by atoms with Crippen molar-refractivity contribution >= 4 is 6.08 Å². The fourth-order valence-electron chi connectivity index (χ4n) is 3.14. The van der Waals surface area contributed by atoms with Gasteiger partial charge in [-0.1, -0.05) is 67.3 Å². The van der Waals surface area contributed by atoms with Gasteiger partial charge in [-0.2, -0.15) is 0 Å².